The number of nitrogens with zero attached hydrogens (tertiary/aromatic N) is 5. The SMILES string of the molecule is COc1ccc(C=Nc2nnc3c4ccccc4nc(Nc4ccc(C)cc4N)n23)cc1O. The average molecular weight is 439 g/mol. The molecule has 5 rings (SSSR count). The zero-order valence-electron chi connectivity index (χ0n) is 18.0. The van der Waals surface area contributed by atoms with Gasteiger partial charge in [0, 0.05) is 11.6 Å². The summed E-state index contributed by atoms with van der Waals surface area (Å²) >= 11 is 0. The number of aryl methyl sites for hydroxylation is 1. The van der Waals surface area contributed by atoms with Crippen molar-refractivity contribution in [2.75, 3.05) is 18.2 Å². The fourth-order valence-corrected chi connectivity index (χ4v) is 3.57. The Morgan fingerprint density at radius 1 is 1.09 bits per heavy atom. The normalized spacial score (nSPS) is 11.5. The number of methoxy groups -OCH3 is 1. The number of rotatable bonds is 5. The summed E-state index contributed by atoms with van der Waals surface area (Å²) in [5.41, 5.74) is 10.6. The maximum atomic E-state index is 10.0. The minimum atomic E-state index is 0.0254. The van der Waals surface area contributed by atoms with Gasteiger partial charge in [-0.3, -0.25) is 0 Å². The summed E-state index contributed by atoms with van der Waals surface area (Å²) in [7, 11) is 1.50. The maximum absolute atomic E-state index is 10.0. The largest absolute Gasteiger partial charge is 0.504 e. The third-order valence-electron chi connectivity index (χ3n) is 5.21. The number of phenols is 1. The Morgan fingerprint density at radius 2 is 1.94 bits per heavy atom. The number of nitrogen functional groups attached to an aromatic ring is 1. The molecule has 0 aliphatic heterocycles. The first-order valence-electron chi connectivity index (χ1n) is 10.2. The standard InChI is InChI=1S/C24H21N7O2/c1-14-7-9-19(17(25)11-14)28-24-27-18-6-4-3-5-16(18)22-29-30-23(31(22)24)26-13-15-8-10-21(33-2)20(32)12-15/h3-13,32H,25H2,1-2H3,(H,27,28). The zero-order chi connectivity index (χ0) is 22.9. The minimum absolute atomic E-state index is 0.0254. The smallest absolute Gasteiger partial charge is 0.258 e. The molecule has 0 spiro atoms. The quantitative estimate of drug-likeness (QED) is 0.274. The number of aromatic hydroxyl groups is 1. The van der Waals surface area contributed by atoms with Crippen LogP contribution in [-0.4, -0.2) is 38.0 Å². The topological polar surface area (TPSA) is 123 Å². The molecule has 164 valence electrons. The molecule has 0 bridgehead atoms. The van der Waals surface area contributed by atoms with Gasteiger partial charge in [0.15, 0.2) is 17.1 Å². The van der Waals surface area contributed by atoms with Gasteiger partial charge in [-0.25, -0.2) is 14.4 Å². The summed E-state index contributed by atoms with van der Waals surface area (Å²) in [6, 6.07) is 18.5. The third kappa shape index (κ3) is 3.76. The molecule has 0 atom stereocenters. The molecule has 5 aromatic rings. The number of para-hydroxylation sites is 1. The van der Waals surface area contributed by atoms with Crippen molar-refractivity contribution < 1.29 is 9.84 Å². The minimum Gasteiger partial charge on any atom is -0.504 e. The molecule has 9 nitrogen and oxygen atoms in total. The second-order valence-electron chi connectivity index (χ2n) is 7.52. The van der Waals surface area contributed by atoms with Gasteiger partial charge in [-0.15, -0.1) is 10.2 Å². The van der Waals surface area contributed by atoms with Crippen LogP contribution in [0.4, 0.5) is 23.3 Å². The van der Waals surface area contributed by atoms with Crippen molar-refractivity contribution in [3.05, 3.63) is 71.8 Å². The number of nitrogens with one attached hydrogen (secondary N) is 1. The Labute approximate surface area is 189 Å². The molecule has 4 N–H and O–H groups in total. The number of hydrogen-bond donors (Lipinski definition) is 3. The molecule has 0 aliphatic carbocycles. The van der Waals surface area contributed by atoms with E-state index < -0.39 is 0 Å². The number of phenolic OH excluding ortho intramolecular Hbond substituents is 1. The van der Waals surface area contributed by atoms with Crippen LogP contribution in [0.25, 0.3) is 16.6 Å². The van der Waals surface area contributed by atoms with Crippen LogP contribution < -0.4 is 15.8 Å². The second-order valence-corrected chi connectivity index (χ2v) is 7.52. The molecule has 0 amide bonds. The predicted molar refractivity (Wildman–Crippen MR) is 129 cm³/mol. The summed E-state index contributed by atoms with van der Waals surface area (Å²) < 4.78 is 6.83. The first-order chi connectivity index (χ1) is 16.0. The lowest BCUT2D eigenvalue weighted by molar-refractivity contribution is 0.373. The van der Waals surface area contributed by atoms with Crippen molar-refractivity contribution in [2.24, 2.45) is 4.99 Å². The Kier molecular flexibility index (Phi) is 4.98. The van der Waals surface area contributed by atoms with Crippen molar-refractivity contribution in [2.45, 2.75) is 6.92 Å². The van der Waals surface area contributed by atoms with Crippen molar-refractivity contribution in [1.29, 1.82) is 0 Å². The van der Waals surface area contributed by atoms with E-state index in [1.54, 1.807) is 28.8 Å². The van der Waals surface area contributed by atoms with Crippen molar-refractivity contribution in [3.8, 4) is 11.5 Å². The van der Waals surface area contributed by atoms with E-state index in [-0.39, 0.29) is 5.75 Å². The molecule has 0 unspecified atom stereocenters. The molecule has 2 aromatic heterocycles. The Balaban J connectivity index is 1.64. The number of ether oxygens (including phenoxy) is 1. The highest BCUT2D eigenvalue weighted by molar-refractivity contribution is 5.93. The van der Waals surface area contributed by atoms with E-state index in [9.17, 15) is 5.11 Å². The molecular weight excluding hydrogens is 418 g/mol. The van der Waals surface area contributed by atoms with Crippen LogP contribution in [0.15, 0.2) is 65.7 Å². The third-order valence-corrected chi connectivity index (χ3v) is 5.21. The number of benzene rings is 3. The first-order valence-corrected chi connectivity index (χ1v) is 10.2. The van der Waals surface area contributed by atoms with Gasteiger partial charge in [0.25, 0.3) is 5.95 Å². The van der Waals surface area contributed by atoms with Crippen molar-refractivity contribution in [3.63, 3.8) is 0 Å². The van der Waals surface area contributed by atoms with Crippen molar-refractivity contribution in [1.82, 2.24) is 19.6 Å². The Morgan fingerprint density at radius 3 is 2.73 bits per heavy atom. The van der Waals surface area contributed by atoms with Gasteiger partial charge in [0.2, 0.25) is 5.95 Å². The number of aromatic nitrogens is 4. The predicted octanol–water partition coefficient (Wildman–Crippen LogP) is 4.38. The van der Waals surface area contributed by atoms with Crippen LogP contribution in [0.1, 0.15) is 11.1 Å². The number of anilines is 3. The summed E-state index contributed by atoms with van der Waals surface area (Å²) in [5.74, 6) is 1.22. The van der Waals surface area contributed by atoms with Crippen LogP contribution in [0.2, 0.25) is 0 Å². The highest BCUT2D eigenvalue weighted by atomic mass is 16.5. The molecule has 0 saturated carbocycles. The van der Waals surface area contributed by atoms with Gasteiger partial charge in [0.05, 0.1) is 24.0 Å². The van der Waals surface area contributed by atoms with Crippen LogP contribution in [0.5, 0.6) is 11.5 Å². The van der Waals surface area contributed by atoms with Crippen LogP contribution in [0.3, 0.4) is 0 Å². The van der Waals surface area contributed by atoms with E-state index in [1.807, 2.05) is 49.4 Å². The van der Waals surface area contributed by atoms with Crippen LogP contribution in [-0.2, 0) is 0 Å². The van der Waals surface area contributed by atoms with Gasteiger partial charge in [0.1, 0.15) is 0 Å². The molecule has 0 fully saturated rings. The average Bonchev–Trinajstić information content (AvgIpc) is 3.24. The lowest BCUT2D eigenvalue weighted by atomic mass is 10.2. The lowest BCUT2D eigenvalue weighted by Crippen LogP contribution is -2.04. The molecule has 9 heteroatoms. The fourth-order valence-electron chi connectivity index (χ4n) is 3.57. The number of hydrogen-bond acceptors (Lipinski definition) is 8. The first kappa shape index (κ1) is 20.3. The van der Waals surface area contributed by atoms with Crippen LogP contribution >= 0.6 is 0 Å². The second kappa shape index (κ2) is 8.12. The number of fused-ring (bicyclic) bond motifs is 3. The van der Waals surface area contributed by atoms with Crippen LogP contribution in [0, 0.1) is 6.92 Å². The molecule has 0 saturated heterocycles. The molecule has 2 heterocycles. The highest BCUT2D eigenvalue weighted by Gasteiger charge is 2.15. The number of aliphatic imine (C=N–C) groups is 1. The highest BCUT2D eigenvalue weighted by Crippen LogP contribution is 2.30. The number of nitrogens with two attached hydrogens (primary N) is 1. The summed E-state index contributed by atoms with van der Waals surface area (Å²) in [6.07, 6.45) is 1.59. The fraction of sp³-hybridized carbons (Fsp3) is 0.0833. The Bertz CT molecular complexity index is 1520. The maximum Gasteiger partial charge on any atom is 0.258 e. The van der Waals surface area contributed by atoms with Gasteiger partial charge < -0.3 is 20.9 Å². The molecule has 33 heavy (non-hydrogen) atoms. The Hall–Kier alpha value is -4.66. The summed E-state index contributed by atoms with van der Waals surface area (Å²) in [6.45, 7) is 1.98. The van der Waals surface area contributed by atoms with E-state index in [1.165, 1.54) is 7.11 Å². The lowest BCUT2D eigenvalue weighted by Gasteiger charge is -2.12. The van der Waals surface area contributed by atoms with E-state index in [4.69, 9.17) is 15.5 Å². The molecular formula is C24H21N7O2. The molecule has 0 radical (unpaired) electrons. The summed E-state index contributed by atoms with van der Waals surface area (Å²) in [5, 5.41) is 22.8. The molecule has 3 aromatic carbocycles. The van der Waals surface area contributed by atoms with E-state index >= 15 is 0 Å². The summed E-state index contributed by atoms with van der Waals surface area (Å²) in [4.78, 5) is 9.28. The van der Waals surface area contributed by atoms with Gasteiger partial charge in [-0.05, 0) is 60.5 Å². The van der Waals surface area contributed by atoms with Crippen molar-refractivity contribution >= 4 is 46.0 Å². The van der Waals surface area contributed by atoms with Gasteiger partial charge in [-0.1, -0.05) is 18.2 Å². The van der Waals surface area contributed by atoms with E-state index in [0.717, 1.165) is 16.5 Å². The monoisotopic (exact) mass is 439 g/mol. The molecule has 0 aliphatic rings. The van der Waals surface area contributed by atoms with Gasteiger partial charge in [-0.2, -0.15) is 0 Å². The zero-order valence-corrected chi connectivity index (χ0v) is 18.0. The van der Waals surface area contributed by atoms with E-state index in [2.05, 4.69) is 20.5 Å². The van der Waals surface area contributed by atoms with E-state index in [0.29, 0.717) is 40.2 Å². The van der Waals surface area contributed by atoms with Gasteiger partial charge >= 0.3 is 0 Å².